The Balaban J connectivity index is 1.52. The predicted molar refractivity (Wildman–Crippen MR) is 89.2 cm³/mol. The van der Waals surface area contributed by atoms with Crippen LogP contribution in [0.4, 0.5) is 5.13 Å². The fourth-order valence-electron chi connectivity index (χ4n) is 2.52. The quantitative estimate of drug-likeness (QED) is 0.810. The van der Waals surface area contributed by atoms with E-state index >= 15 is 0 Å². The van der Waals surface area contributed by atoms with Crippen molar-refractivity contribution in [3.8, 4) is 0 Å². The van der Waals surface area contributed by atoms with Crippen LogP contribution in [0.2, 0.25) is 0 Å². The zero-order valence-corrected chi connectivity index (χ0v) is 13.6. The van der Waals surface area contributed by atoms with Gasteiger partial charge in [-0.05, 0) is 5.56 Å². The SMILES string of the molecule is O=C(Nc1nccs1)C(=O)NC1CC(=O)N(Cc2ccccc2)C1. The monoisotopic (exact) mass is 344 g/mol. The number of anilines is 1. The number of nitrogens with zero attached hydrogens (tertiary/aromatic N) is 2. The maximum absolute atomic E-state index is 12.1. The zero-order chi connectivity index (χ0) is 16.9. The first-order valence-corrected chi connectivity index (χ1v) is 8.33. The minimum Gasteiger partial charge on any atom is -0.343 e. The van der Waals surface area contributed by atoms with Gasteiger partial charge >= 0.3 is 11.8 Å². The van der Waals surface area contributed by atoms with Gasteiger partial charge in [-0.1, -0.05) is 30.3 Å². The number of carbonyl (C=O) groups excluding carboxylic acids is 3. The summed E-state index contributed by atoms with van der Waals surface area (Å²) in [6.45, 7) is 0.890. The first-order valence-electron chi connectivity index (χ1n) is 7.45. The summed E-state index contributed by atoms with van der Waals surface area (Å²) >= 11 is 1.23. The fraction of sp³-hybridized carbons (Fsp3) is 0.250. The molecule has 0 radical (unpaired) electrons. The van der Waals surface area contributed by atoms with Crippen LogP contribution in [0.5, 0.6) is 0 Å². The van der Waals surface area contributed by atoms with Gasteiger partial charge in [0, 0.05) is 31.1 Å². The van der Waals surface area contributed by atoms with Crippen molar-refractivity contribution in [2.75, 3.05) is 11.9 Å². The Hall–Kier alpha value is -2.74. The lowest BCUT2D eigenvalue weighted by atomic mass is 10.2. The van der Waals surface area contributed by atoms with Crippen molar-refractivity contribution in [2.24, 2.45) is 0 Å². The number of hydrogen-bond acceptors (Lipinski definition) is 5. The predicted octanol–water partition coefficient (Wildman–Crippen LogP) is 0.999. The molecule has 1 unspecified atom stereocenters. The molecule has 0 saturated carbocycles. The van der Waals surface area contributed by atoms with Crippen molar-refractivity contribution < 1.29 is 14.4 Å². The van der Waals surface area contributed by atoms with E-state index in [-0.39, 0.29) is 18.4 Å². The largest absolute Gasteiger partial charge is 0.343 e. The van der Waals surface area contributed by atoms with Crippen LogP contribution in [0.1, 0.15) is 12.0 Å². The minimum absolute atomic E-state index is 0.0375. The molecular weight excluding hydrogens is 328 g/mol. The van der Waals surface area contributed by atoms with E-state index in [0.717, 1.165) is 5.56 Å². The molecule has 3 amide bonds. The number of hydrogen-bond donors (Lipinski definition) is 2. The number of rotatable bonds is 4. The van der Waals surface area contributed by atoms with E-state index in [1.165, 1.54) is 17.5 Å². The molecule has 1 aromatic carbocycles. The van der Waals surface area contributed by atoms with E-state index in [1.807, 2.05) is 30.3 Å². The Morgan fingerprint density at radius 3 is 2.75 bits per heavy atom. The molecule has 8 heteroatoms. The molecule has 7 nitrogen and oxygen atoms in total. The highest BCUT2D eigenvalue weighted by Crippen LogP contribution is 2.15. The number of benzene rings is 1. The lowest BCUT2D eigenvalue weighted by molar-refractivity contribution is -0.136. The van der Waals surface area contributed by atoms with Crippen LogP contribution >= 0.6 is 11.3 Å². The van der Waals surface area contributed by atoms with Crippen molar-refractivity contribution in [1.82, 2.24) is 15.2 Å². The summed E-state index contributed by atoms with van der Waals surface area (Å²) in [7, 11) is 0. The molecule has 2 aromatic rings. The summed E-state index contributed by atoms with van der Waals surface area (Å²) in [6.07, 6.45) is 1.73. The molecule has 0 bridgehead atoms. The van der Waals surface area contributed by atoms with E-state index in [1.54, 1.807) is 10.3 Å². The van der Waals surface area contributed by atoms with Gasteiger partial charge in [-0.15, -0.1) is 11.3 Å². The molecule has 2 N–H and O–H groups in total. The maximum Gasteiger partial charge on any atom is 0.315 e. The molecule has 1 aliphatic heterocycles. The van der Waals surface area contributed by atoms with E-state index in [0.29, 0.717) is 18.2 Å². The van der Waals surface area contributed by atoms with Crippen LogP contribution < -0.4 is 10.6 Å². The second-order valence-corrected chi connectivity index (χ2v) is 6.32. The zero-order valence-electron chi connectivity index (χ0n) is 12.8. The molecule has 1 aromatic heterocycles. The average Bonchev–Trinajstić information content (AvgIpc) is 3.19. The lowest BCUT2D eigenvalue weighted by Crippen LogP contribution is -2.43. The third-order valence-electron chi connectivity index (χ3n) is 3.62. The molecule has 1 saturated heterocycles. The number of aromatic nitrogens is 1. The van der Waals surface area contributed by atoms with Crippen LogP contribution in [-0.2, 0) is 20.9 Å². The number of likely N-dealkylation sites (tertiary alicyclic amines) is 1. The number of amides is 3. The molecule has 3 rings (SSSR count). The van der Waals surface area contributed by atoms with Gasteiger partial charge in [0.1, 0.15) is 0 Å². The number of carbonyl (C=O) groups is 3. The van der Waals surface area contributed by atoms with Crippen molar-refractivity contribution in [1.29, 1.82) is 0 Å². The Morgan fingerprint density at radius 2 is 2.04 bits per heavy atom. The maximum atomic E-state index is 12.1. The molecule has 0 aliphatic carbocycles. The highest BCUT2D eigenvalue weighted by Gasteiger charge is 2.31. The summed E-state index contributed by atoms with van der Waals surface area (Å²) in [5, 5.41) is 7.08. The van der Waals surface area contributed by atoms with Gasteiger partial charge in [0.15, 0.2) is 5.13 Å². The number of nitrogens with one attached hydrogen (secondary N) is 2. The van der Waals surface area contributed by atoms with Crippen LogP contribution in [-0.4, -0.2) is 40.2 Å². The normalized spacial score (nSPS) is 16.9. The first kappa shape index (κ1) is 16.1. The molecule has 0 spiro atoms. The Labute approximate surface area is 142 Å². The van der Waals surface area contributed by atoms with Gasteiger partial charge in [0.05, 0.1) is 6.04 Å². The van der Waals surface area contributed by atoms with Gasteiger partial charge in [0.25, 0.3) is 0 Å². The fourth-order valence-corrected chi connectivity index (χ4v) is 3.04. The molecule has 124 valence electrons. The third kappa shape index (κ3) is 3.96. The summed E-state index contributed by atoms with van der Waals surface area (Å²) in [5.74, 6) is -1.58. The topological polar surface area (TPSA) is 91.4 Å². The molecule has 1 aliphatic rings. The minimum atomic E-state index is -0.779. The van der Waals surface area contributed by atoms with Gasteiger partial charge in [0.2, 0.25) is 5.91 Å². The van der Waals surface area contributed by atoms with Crippen molar-refractivity contribution in [2.45, 2.75) is 19.0 Å². The molecular formula is C16H16N4O3S. The molecule has 24 heavy (non-hydrogen) atoms. The van der Waals surface area contributed by atoms with Gasteiger partial charge in [-0.3, -0.25) is 19.7 Å². The van der Waals surface area contributed by atoms with E-state index < -0.39 is 11.8 Å². The lowest BCUT2D eigenvalue weighted by Gasteiger charge is -2.17. The second kappa shape index (κ2) is 7.22. The number of thiazole rings is 1. The van der Waals surface area contributed by atoms with Crippen molar-refractivity contribution in [3.63, 3.8) is 0 Å². The van der Waals surface area contributed by atoms with E-state index in [4.69, 9.17) is 0 Å². The van der Waals surface area contributed by atoms with Crippen molar-refractivity contribution >= 4 is 34.2 Å². The Kier molecular flexibility index (Phi) is 4.85. The molecule has 1 fully saturated rings. The van der Waals surface area contributed by atoms with Crippen LogP contribution in [0.25, 0.3) is 0 Å². The van der Waals surface area contributed by atoms with Gasteiger partial charge < -0.3 is 10.2 Å². The highest BCUT2D eigenvalue weighted by molar-refractivity contribution is 7.13. The Morgan fingerprint density at radius 1 is 1.25 bits per heavy atom. The summed E-state index contributed by atoms with van der Waals surface area (Å²) in [5.41, 5.74) is 1.03. The highest BCUT2D eigenvalue weighted by atomic mass is 32.1. The first-order chi connectivity index (χ1) is 11.6. The summed E-state index contributed by atoms with van der Waals surface area (Å²) < 4.78 is 0. The van der Waals surface area contributed by atoms with Crippen molar-refractivity contribution in [3.05, 3.63) is 47.5 Å². The van der Waals surface area contributed by atoms with Crippen LogP contribution in [0, 0.1) is 0 Å². The van der Waals surface area contributed by atoms with Gasteiger partial charge in [-0.25, -0.2) is 4.98 Å². The van der Waals surface area contributed by atoms with Gasteiger partial charge in [-0.2, -0.15) is 0 Å². The second-order valence-electron chi connectivity index (χ2n) is 5.43. The standard InChI is InChI=1S/C16H16N4O3S/c21-13-8-12(10-20(13)9-11-4-2-1-3-5-11)18-14(22)15(23)19-16-17-6-7-24-16/h1-7,12H,8-10H2,(H,18,22)(H,17,19,23). The summed E-state index contributed by atoms with van der Waals surface area (Å²) in [6, 6.07) is 9.27. The molecule has 2 heterocycles. The average molecular weight is 344 g/mol. The Bertz CT molecular complexity index is 733. The summed E-state index contributed by atoms with van der Waals surface area (Å²) in [4.78, 5) is 41.3. The molecule has 1 atom stereocenters. The van der Waals surface area contributed by atoms with Crippen LogP contribution in [0.15, 0.2) is 41.9 Å². The smallest absolute Gasteiger partial charge is 0.315 e. The third-order valence-corrected chi connectivity index (χ3v) is 4.31. The van der Waals surface area contributed by atoms with E-state index in [2.05, 4.69) is 15.6 Å². The van der Waals surface area contributed by atoms with E-state index in [9.17, 15) is 14.4 Å². The van der Waals surface area contributed by atoms with Crippen LogP contribution in [0.3, 0.4) is 0 Å².